The van der Waals surface area contributed by atoms with Crippen LogP contribution in [-0.4, -0.2) is 77.7 Å². The van der Waals surface area contributed by atoms with Crippen molar-refractivity contribution in [3.8, 4) is 0 Å². The third-order valence-electron chi connectivity index (χ3n) is 4.85. The van der Waals surface area contributed by atoms with Crippen LogP contribution in [0.3, 0.4) is 0 Å². The van der Waals surface area contributed by atoms with Gasteiger partial charge in [-0.2, -0.15) is 0 Å². The number of hydrogen-bond donors (Lipinski definition) is 1. The first-order valence-electron chi connectivity index (χ1n) is 8.70. The molecule has 0 aromatic heterocycles. The summed E-state index contributed by atoms with van der Waals surface area (Å²) in [6.45, 7) is 3.74. The van der Waals surface area contributed by atoms with Gasteiger partial charge in [0.1, 0.15) is 0 Å². The molecule has 0 spiro atoms. The number of nitro benzene ring substituents is 1. The predicted molar refractivity (Wildman–Crippen MR) is 93.6 cm³/mol. The molecule has 2 aliphatic rings. The Kier molecular flexibility index (Phi) is 5.50. The molecule has 1 aromatic carbocycles. The number of rotatable bonds is 7. The van der Waals surface area contributed by atoms with Crippen LogP contribution in [0.1, 0.15) is 12.8 Å². The van der Waals surface area contributed by atoms with Gasteiger partial charge in [-0.15, -0.1) is 0 Å². The van der Waals surface area contributed by atoms with E-state index in [4.69, 9.17) is 5.11 Å². The summed E-state index contributed by atoms with van der Waals surface area (Å²) in [5.41, 5.74) is 1.03. The Hall–Kier alpha value is -2.19. The van der Waals surface area contributed by atoms with Crippen LogP contribution >= 0.6 is 0 Å². The number of aliphatic hydroxyl groups is 1. The van der Waals surface area contributed by atoms with Crippen molar-refractivity contribution < 1.29 is 14.8 Å². The van der Waals surface area contributed by atoms with Crippen LogP contribution in [0.15, 0.2) is 24.3 Å². The molecule has 2 fully saturated rings. The SMILES string of the molecule is O=C(CN(CCO)C1CC1)N1CCN(c2ccc([N+](=O)[O-])cc2)CC1. The van der Waals surface area contributed by atoms with Gasteiger partial charge in [0, 0.05) is 56.6 Å². The fraction of sp³-hybridized carbons (Fsp3) is 0.588. The molecule has 1 aliphatic heterocycles. The second-order valence-corrected chi connectivity index (χ2v) is 6.57. The molecule has 8 heteroatoms. The number of piperazine rings is 1. The summed E-state index contributed by atoms with van der Waals surface area (Å²) in [6, 6.07) is 6.99. The largest absolute Gasteiger partial charge is 0.395 e. The molecule has 136 valence electrons. The molecule has 3 rings (SSSR count). The third-order valence-corrected chi connectivity index (χ3v) is 4.85. The molecule has 8 nitrogen and oxygen atoms in total. The number of anilines is 1. The van der Waals surface area contributed by atoms with Gasteiger partial charge in [-0.25, -0.2) is 0 Å². The first-order chi connectivity index (χ1) is 12.1. The molecular weight excluding hydrogens is 324 g/mol. The molecule has 1 saturated carbocycles. The second-order valence-electron chi connectivity index (χ2n) is 6.57. The van der Waals surface area contributed by atoms with Gasteiger partial charge in [-0.3, -0.25) is 19.8 Å². The summed E-state index contributed by atoms with van der Waals surface area (Å²) in [7, 11) is 0. The van der Waals surface area contributed by atoms with Crippen molar-refractivity contribution in [3.63, 3.8) is 0 Å². The predicted octanol–water partition coefficient (Wildman–Crippen LogP) is 0.700. The van der Waals surface area contributed by atoms with E-state index in [1.807, 2.05) is 4.90 Å². The lowest BCUT2D eigenvalue weighted by molar-refractivity contribution is -0.384. The number of benzene rings is 1. The average molecular weight is 348 g/mol. The quantitative estimate of drug-likeness (QED) is 0.576. The van der Waals surface area contributed by atoms with Gasteiger partial charge in [0.05, 0.1) is 18.1 Å². The Labute approximate surface area is 146 Å². The summed E-state index contributed by atoms with van der Waals surface area (Å²) in [5.74, 6) is 0.115. The summed E-state index contributed by atoms with van der Waals surface area (Å²) < 4.78 is 0. The number of aliphatic hydroxyl groups excluding tert-OH is 1. The van der Waals surface area contributed by atoms with Crippen LogP contribution in [-0.2, 0) is 4.79 Å². The van der Waals surface area contributed by atoms with Gasteiger partial charge in [-0.1, -0.05) is 0 Å². The van der Waals surface area contributed by atoms with Crippen LogP contribution in [0.25, 0.3) is 0 Å². The van der Waals surface area contributed by atoms with Gasteiger partial charge in [0.2, 0.25) is 5.91 Å². The Morgan fingerprint density at radius 2 is 1.84 bits per heavy atom. The van der Waals surface area contributed by atoms with Crippen LogP contribution in [0.2, 0.25) is 0 Å². The molecule has 1 saturated heterocycles. The van der Waals surface area contributed by atoms with E-state index in [1.54, 1.807) is 12.1 Å². The van der Waals surface area contributed by atoms with E-state index in [1.165, 1.54) is 12.1 Å². The molecule has 0 unspecified atom stereocenters. The Morgan fingerprint density at radius 1 is 1.20 bits per heavy atom. The van der Waals surface area contributed by atoms with Gasteiger partial charge in [-0.05, 0) is 25.0 Å². The lowest BCUT2D eigenvalue weighted by atomic mass is 10.2. The van der Waals surface area contributed by atoms with Crippen LogP contribution in [0.5, 0.6) is 0 Å². The van der Waals surface area contributed by atoms with E-state index in [-0.39, 0.29) is 18.2 Å². The van der Waals surface area contributed by atoms with E-state index < -0.39 is 4.92 Å². The Morgan fingerprint density at radius 3 is 2.36 bits per heavy atom. The minimum atomic E-state index is -0.404. The molecule has 1 aliphatic carbocycles. The molecule has 0 atom stereocenters. The third kappa shape index (κ3) is 4.46. The number of amides is 1. The Balaban J connectivity index is 1.50. The second kappa shape index (κ2) is 7.79. The van der Waals surface area contributed by atoms with Crippen LogP contribution in [0, 0.1) is 10.1 Å². The first-order valence-corrected chi connectivity index (χ1v) is 8.70. The molecule has 1 amide bonds. The molecule has 0 bridgehead atoms. The van der Waals surface area contributed by atoms with E-state index in [0.29, 0.717) is 45.3 Å². The van der Waals surface area contributed by atoms with Gasteiger partial charge in [0.25, 0.3) is 5.69 Å². The smallest absolute Gasteiger partial charge is 0.269 e. The summed E-state index contributed by atoms with van der Waals surface area (Å²) in [4.78, 5) is 28.9. The molecule has 1 aromatic rings. The maximum Gasteiger partial charge on any atom is 0.269 e. The number of hydrogen-bond acceptors (Lipinski definition) is 6. The zero-order chi connectivity index (χ0) is 17.8. The minimum absolute atomic E-state index is 0.0811. The van der Waals surface area contributed by atoms with E-state index >= 15 is 0 Å². The highest BCUT2D eigenvalue weighted by molar-refractivity contribution is 5.78. The Bertz CT molecular complexity index is 610. The van der Waals surface area contributed by atoms with Crippen molar-refractivity contribution in [1.82, 2.24) is 9.80 Å². The molecule has 25 heavy (non-hydrogen) atoms. The fourth-order valence-corrected chi connectivity index (χ4v) is 3.23. The first kappa shape index (κ1) is 17.6. The topological polar surface area (TPSA) is 90.2 Å². The van der Waals surface area contributed by atoms with Crippen molar-refractivity contribution in [2.24, 2.45) is 0 Å². The highest BCUT2D eigenvalue weighted by Crippen LogP contribution is 2.26. The van der Waals surface area contributed by atoms with Gasteiger partial charge in [0.15, 0.2) is 0 Å². The number of carbonyl (C=O) groups is 1. The number of non-ortho nitro benzene ring substituents is 1. The van der Waals surface area contributed by atoms with Gasteiger partial charge < -0.3 is 14.9 Å². The lowest BCUT2D eigenvalue weighted by Crippen LogP contribution is -2.51. The minimum Gasteiger partial charge on any atom is -0.395 e. The standard InChI is InChI=1S/C17H24N4O4/c22-12-11-20(15-1-2-15)13-17(23)19-9-7-18(8-10-19)14-3-5-16(6-4-14)21(24)25/h3-6,15,22H,1-2,7-13H2. The summed E-state index contributed by atoms with van der Waals surface area (Å²) >= 11 is 0. The molecule has 1 N–H and O–H groups in total. The average Bonchev–Trinajstić information content (AvgIpc) is 3.46. The summed E-state index contributed by atoms with van der Waals surface area (Å²) in [5, 5.41) is 19.9. The highest BCUT2D eigenvalue weighted by atomic mass is 16.6. The zero-order valence-electron chi connectivity index (χ0n) is 14.2. The van der Waals surface area contributed by atoms with E-state index in [2.05, 4.69) is 9.80 Å². The van der Waals surface area contributed by atoms with E-state index in [9.17, 15) is 14.9 Å². The van der Waals surface area contributed by atoms with Crippen molar-refractivity contribution in [2.75, 3.05) is 50.8 Å². The van der Waals surface area contributed by atoms with E-state index in [0.717, 1.165) is 18.5 Å². The number of nitrogens with zero attached hydrogens (tertiary/aromatic N) is 4. The fourth-order valence-electron chi connectivity index (χ4n) is 3.23. The van der Waals surface area contributed by atoms with Crippen LogP contribution in [0.4, 0.5) is 11.4 Å². The number of nitro groups is 1. The van der Waals surface area contributed by atoms with Crippen molar-refractivity contribution in [1.29, 1.82) is 0 Å². The van der Waals surface area contributed by atoms with Gasteiger partial charge >= 0.3 is 0 Å². The highest BCUT2D eigenvalue weighted by Gasteiger charge is 2.31. The van der Waals surface area contributed by atoms with Crippen molar-refractivity contribution in [3.05, 3.63) is 34.4 Å². The van der Waals surface area contributed by atoms with Crippen molar-refractivity contribution in [2.45, 2.75) is 18.9 Å². The maximum absolute atomic E-state index is 12.5. The molecule has 1 heterocycles. The number of carbonyl (C=O) groups excluding carboxylic acids is 1. The van der Waals surface area contributed by atoms with Crippen molar-refractivity contribution >= 4 is 17.3 Å². The zero-order valence-corrected chi connectivity index (χ0v) is 14.2. The maximum atomic E-state index is 12.5. The molecular formula is C17H24N4O4. The monoisotopic (exact) mass is 348 g/mol. The normalized spacial score (nSPS) is 17.8. The van der Waals surface area contributed by atoms with Crippen LogP contribution < -0.4 is 4.90 Å². The lowest BCUT2D eigenvalue weighted by Gasteiger charge is -2.37. The molecule has 0 radical (unpaired) electrons. The summed E-state index contributed by atoms with van der Waals surface area (Å²) in [6.07, 6.45) is 2.22.